The van der Waals surface area contributed by atoms with Crippen molar-refractivity contribution < 1.29 is 32.1 Å². The monoisotopic (exact) mass is 333 g/mol. The minimum absolute atomic E-state index is 0. The van der Waals surface area contributed by atoms with Crippen molar-refractivity contribution in [1.82, 2.24) is 0 Å². The van der Waals surface area contributed by atoms with E-state index in [0.29, 0.717) is 17.0 Å². The Morgan fingerprint density at radius 1 is 1.45 bits per heavy atom. The summed E-state index contributed by atoms with van der Waals surface area (Å²) in [6, 6.07) is 7.50. The van der Waals surface area contributed by atoms with E-state index in [0.717, 1.165) is 0 Å². The van der Waals surface area contributed by atoms with Gasteiger partial charge in [-0.15, -0.1) is 17.7 Å². The molecule has 3 nitrogen and oxygen atoms in total. The molecule has 1 saturated carbocycles. The van der Waals surface area contributed by atoms with Crippen LogP contribution in [0.4, 0.5) is 0 Å². The van der Waals surface area contributed by atoms with Gasteiger partial charge in [0.05, 0.1) is 5.92 Å². The summed E-state index contributed by atoms with van der Waals surface area (Å²) in [7, 11) is 0. The molecule has 2 rings (SSSR count). The normalized spacial score (nSPS) is 26.9. The first-order valence-corrected chi connectivity index (χ1v) is 6.24. The van der Waals surface area contributed by atoms with Gasteiger partial charge in [0.25, 0.3) is 0 Å². The van der Waals surface area contributed by atoms with Gasteiger partial charge in [0.1, 0.15) is 5.78 Å². The van der Waals surface area contributed by atoms with Crippen LogP contribution in [-0.2, 0) is 22.2 Å². The predicted molar refractivity (Wildman–Crippen MR) is 74.4 cm³/mol. The van der Waals surface area contributed by atoms with Crippen LogP contribution >= 0.6 is 11.6 Å². The largest absolute Gasteiger partial charge is 0.481 e. The zero-order valence-electron chi connectivity index (χ0n) is 10.6. The van der Waals surface area contributed by atoms with Gasteiger partial charge in [-0.3, -0.25) is 9.59 Å². The van der Waals surface area contributed by atoms with Crippen molar-refractivity contribution in [3.63, 3.8) is 0 Å². The number of benzene rings is 1. The smallest absolute Gasteiger partial charge is 0.307 e. The molecule has 0 amide bonds. The van der Waals surface area contributed by atoms with E-state index < -0.39 is 23.2 Å². The van der Waals surface area contributed by atoms with E-state index in [1.54, 1.807) is 12.1 Å². The van der Waals surface area contributed by atoms with E-state index >= 15 is 0 Å². The topological polar surface area (TPSA) is 54.4 Å². The van der Waals surface area contributed by atoms with Crippen LogP contribution in [0, 0.1) is 23.3 Å². The van der Waals surface area contributed by atoms with Crippen LogP contribution in [0.5, 0.6) is 0 Å². The molecular weight excluding hydrogens is 316 g/mol. The first kappa shape index (κ1) is 19.2. The number of carbonyl (C=O) groups excluding carboxylic acids is 1. The minimum atomic E-state index is -0.897. The number of Topliss-reactive ketones (excluding diaryl/α,β-unsaturated/α-hetero) is 1. The second-order valence-corrected chi connectivity index (χ2v) is 5.35. The maximum absolute atomic E-state index is 12.3. The molecule has 3 atom stereocenters. The molecule has 0 heterocycles. The van der Waals surface area contributed by atoms with Gasteiger partial charge in [-0.1, -0.05) is 31.9 Å². The van der Waals surface area contributed by atoms with Gasteiger partial charge in [0.15, 0.2) is 0 Å². The van der Waals surface area contributed by atoms with Gasteiger partial charge in [-0.25, -0.2) is 0 Å². The van der Waals surface area contributed by atoms with E-state index in [1.807, 2.05) is 13.8 Å². The number of aliphatic carboxylic acids is 1. The van der Waals surface area contributed by atoms with Crippen LogP contribution in [0.15, 0.2) is 18.2 Å². The Labute approximate surface area is 135 Å². The number of carbonyl (C=O) groups is 2. The molecule has 1 aromatic rings. The fourth-order valence-electron chi connectivity index (χ4n) is 2.65. The molecule has 1 aliphatic carbocycles. The maximum Gasteiger partial charge on any atom is 0.307 e. The van der Waals surface area contributed by atoms with Crippen LogP contribution in [0.1, 0.15) is 38.1 Å². The molecule has 110 valence electrons. The van der Waals surface area contributed by atoms with Gasteiger partial charge < -0.3 is 5.11 Å². The van der Waals surface area contributed by atoms with Crippen molar-refractivity contribution in [3.8, 4) is 0 Å². The Hall–Kier alpha value is -0.818. The maximum atomic E-state index is 12.3. The summed E-state index contributed by atoms with van der Waals surface area (Å²) in [4.78, 5) is 23.5. The number of carboxylic acids is 1. The zero-order chi connectivity index (χ0) is 13.5. The van der Waals surface area contributed by atoms with Crippen LogP contribution in [0.25, 0.3) is 0 Å². The first-order chi connectivity index (χ1) is 8.41. The predicted octanol–water partition coefficient (Wildman–Crippen LogP) is 3.70. The van der Waals surface area contributed by atoms with E-state index in [1.165, 1.54) is 6.07 Å². The summed E-state index contributed by atoms with van der Waals surface area (Å²) in [5, 5.41) is 9.52. The SMILES string of the molecule is C.CCC1(C)C(C(=O)O)C1C(=O)c1cc[c-]c(Cl)c1.[Cr]. The molecule has 0 aliphatic heterocycles. The minimum Gasteiger partial charge on any atom is -0.481 e. The average Bonchev–Trinajstić information content (AvgIpc) is 2.96. The third-order valence-corrected chi connectivity index (χ3v) is 4.22. The number of ketones is 1. The van der Waals surface area contributed by atoms with Crippen LogP contribution in [-0.4, -0.2) is 16.9 Å². The van der Waals surface area contributed by atoms with E-state index in [4.69, 9.17) is 16.7 Å². The molecule has 20 heavy (non-hydrogen) atoms. The van der Waals surface area contributed by atoms with Crippen molar-refractivity contribution in [2.24, 2.45) is 17.3 Å². The summed E-state index contributed by atoms with van der Waals surface area (Å²) in [6.45, 7) is 3.76. The van der Waals surface area contributed by atoms with Crippen LogP contribution in [0.2, 0.25) is 5.02 Å². The third kappa shape index (κ3) is 3.09. The molecule has 0 bridgehead atoms. The Morgan fingerprint density at radius 2 is 2.05 bits per heavy atom. The molecule has 1 aromatic carbocycles. The second kappa shape index (κ2) is 6.76. The average molecular weight is 334 g/mol. The summed E-state index contributed by atoms with van der Waals surface area (Å²) >= 11 is 5.79. The van der Waals surface area contributed by atoms with E-state index in [2.05, 4.69) is 6.07 Å². The molecule has 1 aliphatic rings. The van der Waals surface area contributed by atoms with E-state index in [9.17, 15) is 9.59 Å². The number of rotatable bonds is 4. The Morgan fingerprint density at radius 3 is 2.45 bits per heavy atom. The van der Waals surface area contributed by atoms with Gasteiger partial charge in [0, 0.05) is 23.3 Å². The summed E-state index contributed by atoms with van der Waals surface area (Å²) in [5.41, 5.74) is 0.0294. The molecule has 0 radical (unpaired) electrons. The number of hydrogen-bond donors (Lipinski definition) is 1. The molecule has 0 aromatic heterocycles. The summed E-state index contributed by atoms with van der Waals surface area (Å²) in [6.07, 6.45) is 0.674. The van der Waals surface area contributed by atoms with Crippen molar-refractivity contribution in [2.45, 2.75) is 27.7 Å². The Kier molecular flexibility index (Phi) is 6.48. The summed E-state index contributed by atoms with van der Waals surface area (Å²) < 4.78 is 0. The molecule has 1 N–H and O–H groups in total. The quantitative estimate of drug-likeness (QED) is 0.675. The third-order valence-electron chi connectivity index (χ3n) is 4.01. The molecule has 3 unspecified atom stereocenters. The second-order valence-electron chi connectivity index (χ2n) is 4.94. The number of carboxylic acid groups (broad SMARTS) is 1. The standard InChI is InChI=1S/C14H14ClO3.CH4.Cr/c1-3-14(2)10(11(14)13(17)18)12(16)8-5-4-6-9(15)7-8;;/h4-5,7,10-11H,3H2,1-2H3,(H,17,18);1H4;/q-1;;. The molecule has 0 spiro atoms. The fraction of sp³-hybridized carbons (Fsp3) is 0.467. The van der Waals surface area contributed by atoms with Crippen LogP contribution in [0.3, 0.4) is 0 Å². The number of hydrogen-bond acceptors (Lipinski definition) is 2. The Balaban J connectivity index is 0.00000180. The van der Waals surface area contributed by atoms with Crippen molar-refractivity contribution in [3.05, 3.63) is 34.9 Å². The van der Waals surface area contributed by atoms with Crippen LogP contribution < -0.4 is 0 Å². The molecule has 1 fully saturated rings. The van der Waals surface area contributed by atoms with Gasteiger partial charge in [-0.2, -0.15) is 18.2 Å². The van der Waals surface area contributed by atoms with Crippen molar-refractivity contribution in [1.29, 1.82) is 0 Å². The van der Waals surface area contributed by atoms with Gasteiger partial charge in [-0.05, 0) is 11.8 Å². The fourth-order valence-corrected chi connectivity index (χ4v) is 2.83. The van der Waals surface area contributed by atoms with E-state index in [-0.39, 0.29) is 30.6 Å². The zero-order valence-corrected chi connectivity index (χ0v) is 12.7. The van der Waals surface area contributed by atoms with Gasteiger partial charge >= 0.3 is 5.97 Å². The molecular formula is C15H18ClCrO3-. The number of halogens is 1. The summed E-state index contributed by atoms with van der Waals surface area (Å²) in [5.74, 6) is -2.06. The van der Waals surface area contributed by atoms with Crippen molar-refractivity contribution in [2.75, 3.05) is 0 Å². The Bertz CT molecular complexity index is 518. The molecule has 0 saturated heterocycles. The molecule has 5 heteroatoms. The first-order valence-electron chi connectivity index (χ1n) is 5.86. The van der Waals surface area contributed by atoms with Gasteiger partial charge in [0.2, 0.25) is 0 Å². The van der Waals surface area contributed by atoms with Crippen molar-refractivity contribution >= 4 is 23.4 Å².